The molecule has 0 saturated carbocycles. The minimum Gasteiger partial charge on any atom is -0.372 e. The molecule has 0 aromatic carbocycles. The highest BCUT2D eigenvalue weighted by atomic mass is 32.2. The third-order valence-electron chi connectivity index (χ3n) is 2.66. The maximum absolute atomic E-state index is 12.5. The summed E-state index contributed by atoms with van der Waals surface area (Å²) in [7, 11) is 0. The molecule has 0 aromatic heterocycles. The number of hydrogen-bond donors (Lipinski definition) is 1. The van der Waals surface area contributed by atoms with Crippen molar-refractivity contribution in [1.82, 2.24) is 0 Å². The van der Waals surface area contributed by atoms with E-state index in [0.717, 1.165) is 22.2 Å². The molecule has 0 saturated heterocycles. The SMILES string of the molecule is NCC1OCCC2=C1CC(C(F)(F)F)S2. The van der Waals surface area contributed by atoms with Crippen LogP contribution in [-0.2, 0) is 4.74 Å². The maximum Gasteiger partial charge on any atom is 0.401 e. The number of thioether (sulfide) groups is 1. The van der Waals surface area contributed by atoms with Gasteiger partial charge in [0.25, 0.3) is 0 Å². The molecule has 0 fully saturated rings. The average Bonchev–Trinajstić information content (AvgIpc) is 2.59. The predicted octanol–water partition coefficient (Wildman–Crippen LogP) is 2.06. The maximum atomic E-state index is 12.5. The first-order valence-electron chi connectivity index (χ1n) is 4.79. The van der Waals surface area contributed by atoms with Crippen LogP contribution in [-0.4, -0.2) is 30.7 Å². The van der Waals surface area contributed by atoms with Gasteiger partial charge in [-0.1, -0.05) is 0 Å². The Morgan fingerprint density at radius 1 is 1.47 bits per heavy atom. The summed E-state index contributed by atoms with van der Waals surface area (Å²) in [6.07, 6.45) is -3.77. The fraction of sp³-hybridized carbons (Fsp3) is 0.778. The molecule has 2 atom stereocenters. The molecule has 15 heavy (non-hydrogen) atoms. The van der Waals surface area contributed by atoms with Gasteiger partial charge in [0.2, 0.25) is 0 Å². The molecule has 0 spiro atoms. The predicted molar refractivity (Wildman–Crippen MR) is 52.5 cm³/mol. The Labute approximate surface area is 90.0 Å². The van der Waals surface area contributed by atoms with Gasteiger partial charge in [-0.3, -0.25) is 0 Å². The monoisotopic (exact) mass is 239 g/mol. The highest BCUT2D eigenvalue weighted by Gasteiger charge is 2.46. The minimum atomic E-state index is -4.12. The summed E-state index contributed by atoms with van der Waals surface area (Å²) in [5.74, 6) is 0. The van der Waals surface area contributed by atoms with Crippen molar-refractivity contribution in [3.05, 3.63) is 10.5 Å². The molecule has 0 radical (unpaired) electrons. The van der Waals surface area contributed by atoms with Crippen LogP contribution in [0.2, 0.25) is 0 Å². The van der Waals surface area contributed by atoms with Gasteiger partial charge in [0.05, 0.1) is 12.7 Å². The fourth-order valence-corrected chi connectivity index (χ4v) is 3.23. The first-order valence-corrected chi connectivity index (χ1v) is 5.67. The molecule has 2 aliphatic heterocycles. The van der Waals surface area contributed by atoms with Crippen LogP contribution in [0.5, 0.6) is 0 Å². The Balaban J connectivity index is 2.12. The molecule has 2 heterocycles. The van der Waals surface area contributed by atoms with E-state index in [2.05, 4.69) is 0 Å². The molecule has 2 aliphatic rings. The van der Waals surface area contributed by atoms with Crippen molar-refractivity contribution in [2.75, 3.05) is 13.2 Å². The van der Waals surface area contributed by atoms with E-state index in [1.54, 1.807) is 0 Å². The molecule has 2 rings (SSSR count). The topological polar surface area (TPSA) is 35.2 Å². The standard InChI is InChI=1S/C9H12F3NOS/c10-9(11,12)8-3-5-6(4-13)14-2-1-7(5)15-8/h6,8H,1-4,13H2. The van der Waals surface area contributed by atoms with Gasteiger partial charge < -0.3 is 10.5 Å². The largest absolute Gasteiger partial charge is 0.401 e. The zero-order valence-electron chi connectivity index (χ0n) is 8.01. The number of halogens is 3. The van der Waals surface area contributed by atoms with Gasteiger partial charge in [-0.15, -0.1) is 11.8 Å². The lowest BCUT2D eigenvalue weighted by molar-refractivity contribution is -0.128. The second kappa shape index (κ2) is 3.99. The van der Waals surface area contributed by atoms with Crippen LogP contribution >= 0.6 is 11.8 Å². The first-order chi connectivity index (χ1) is 7.02. The second-order valence-electron chi connectivity index (χ2n) is 3.65. The summed E-state index contributed by atoms with van der Waals surface area (Å²) in [4.78, 5) is 0.846. The van der Waals surface area contributed by atoms with Crippen molar-refractivity contribution in [3.8, 4) is 0 Å². The van der Waals surface area contributed by atoms with Crippen molar-refractivity contribution >= 4 is 11.8 Å². The molecule has 0 bridgehead atoms. The molecular weight excluding hydrogens is 227 g/mol. The molecule has 2 nitrogen and oxygen atoms in total. The summed E-state index contributed by atoms with van der Waals surface area (Å²) in [6, 6.07) is 0. The molecule has 0 aromatic rings. The molecule has 86 valence electrons. The zero-order chi connectivity index (χ0) is 11.1. The molecule has 2 unspecified atom stereocenters. The summed E-state index contributed by atoms with van der Waals surface area (Å²) < 4.78 is 42.9. The molecule has 6 heteroatoms. The Hall–Kier alpha value is -0.200. The average molecular weight is 239 g/mol. The van der Waals surface area contributed by atoms with Crippen LogP contribution in [0.3, 0.4) is 0 Å². The van der Waals surface area contributed by atoms with Crippen LogP contribution < -0.4 is 5.73 Å². The van der Waals surface area contributed by atoms with Gasteiger partial charge in [-0.25, -0.2) is 0 Å². The lowest BCUT2D eigenvalue weighted by atomic mass is 10.0. The molecular formula is C9H12F3NOS. The Bertz CT molecular complexity index is 290. The second-order valence-corrected chi connectivity index (χ2v) is 4.94. The van der Waals surface area contributed by atoms with E-state index in [4.69, 9.17) is 10.5 Å². The summed E-state index contributed by atoms with van der Waals surface area (Å²) in [6.45, 7) is 0.752. The lowest BCUT2D eigenvalue weighted by Gasteiger charge is -2.23. The molecule has 0 amide bonds. The lowest BCUT2D eigenvalue weighted by Crippen LogP contribution is -2.30. The van der Waals surface area contributed by atoms with Gasteiger partial charge in [-0.2, -0.15) is 13.2 Å². The molecule has 2 N–H and O–H groups in total. The van der Waals surface area contributed by atoms with Crippen molar-refractivity contribution in [2.45, 2.75) is 30.4 Å². The normalized spacial score (nSPS) is 32.0. The number of rotatable bonds is 1. The van der Waals surface area contributed by atoms with E-state index in [0.29, 0.717) is 13.0 Å². The van der Waals surface area contributed by atoms with E-state index in [9.17, 15) is 13.2 Å². The Morgan fingerprint density at radius 3 is 2.80 bits per heavy atom. The number of alkyl halides is 3. The summed E-state index contributed by atoms with van der Waals surface area (Å²) in [5.41, 5.74) is 6.24. The van der Waals surface area contributed by atoms with E-state index in [1.807, 2.05) is 0 Å². The van der Waals surface area contributed by atoms with Crippen LogP contribution in [0.15, 0.2) is 10.5 Å². The van der Waals surface area contributed by atoms with Crippen molar-refractivity contribution in [2.24, 2.45) is 5.73 Å². The van der Waals surface area contributed by atoms with Crippen LogP contribution in [0, 0.1) is 0 Å². The third-order valence-corrected chi connectivity index (χ3v) is 4.13. The van der Waals surface area contributed by atoms with Gasteiger partial charge >= 0.3 is 6.18 Å². The third kappa shape index (κ3) is 2.16. The van der Waals surface area contributed by atoms with Gasteiger partial charge in [0.15, 0.2) is 0 Å². The van der Waals surface area contributed by atoms with Gasteiger partial charge in [0, 0.05) is 13.0 Å². The Kier molecular flexibility index (Phi) is 3.00. The van der Waals surface area contributed by atoms with Gasteiger partial charge in [0.1, 0.15) is 5.25 Å². The van der Waals surface area contributed by atoms with Crippen LogP contribution in [0.4, 0.5) is 13.2 Å². The Morgan fingerprint density at radius 2 is 2.20 bits per heavy atom. The summed E-state index contributed by atoms with van der Waals surface area (Å²) in [5, 5.41) is -1.29. The van der Waals surface area contributed by atoms with Crippen molar-refractivity contribution in [1.29, 1.82) is 0 Å². The first kappa shape index (κ1) is 11.3. The van der Waals surface area contributed by atoms with E-state index in [-0.39, 0.29) is 19.1 Å². The molecule has 0 aliphatic carbocycles. The van der Waals surface area contributed by atoms with Crippen molar-refractivity contribution in [3.63, 3.8) is 0 Å². The highest BCUT2D eigenvalue weighted by molar-refractivity contribution is 8.04. The number of hydrogen-bond acceptors (Lipinski definition) is 3. The van der Waals surface area contributed by atoms with Gasteiger partial charge in [-0.05, 0) is 16.9 Å². The number of nitrogens with two attached hydrogens (primary N) is 1. The zero-order valence-corrected chi connectivity index (χ0v) is 8.83. The van der Waals surface area contributed by atoms with Crippen molar-refractivity contribution < 1.29 is 17.9 Å². The number of ether oxygens (including phenoxy) is 1. The quantitative estimate of drug-likeness (QED) is 0.760. The van der Waals surface area contributed by atoms with Crippen LogP contribution in [0.1, 0.15) is 12.8 Å². The van der Waals surface area contributed by atoms with E-state index >= 15 is 0 Å². The van der Waals surface area contributed by atoms with Crippen LogP contribution in [0.25, 0.3) is 0 Å². The van der Waals surface area contributed by atoms with E-state index in [1.165, 1.54) is 0 Å². The van der Waals surface area contributed by atoms with E-state index < -0.39 is 11.4 Å². The minimum absolute atomic E-state index is 0.0470. The summed E-state index contributed by atoms with van der Waals surface area (Å²) >= 11 is 0.940. The highest BCUT2D eigenvalue weighted by Crippen LogP contribution is 2.49. The fourth-order valence-electron chi connectivity index (χ4n) is 1.92. The smallest absolute Gasteiger partial charge is 0.372 e.